The van der Waals surface area contributed by atoms with E-state index >= 15 is 0 Å². The Morgan fingerprint density at radius 1 is 1.23 bits per heavy atom. The highest BCUT2D eigenvalue weighted by Gasteiger charge is 2.16. The predicted molar refractivity (Wildman–Crippen MR) is 104 cm³/mol. The molecule has 0 bridgehead atoms. The zero-order valence-electron chi connectivity index (χ0n) is 15.1. The van der Waals surface area contributed by atoms with Gasteiger partial charge in [-0.15, -0.1) is 0 Å². The summed E-state index contributed by atoms with van der Waals surface area (Å²) in [6.07, 6.45) is 2.96. The van der Waals surface area contributed by atoms with E-state index in [4.69, 9.17) is 9.47 Å². The van der Waals surface area contributed by atoms with E-state index < -0.39 is 5.97 Å². The van der Waals surface area contributed by atoms with Gasteiger partial charge in [0.15, 0.2) is 6.61 Å². The Balaban J connectivity index is 1.95. The van der Waals surface area contributed by atoms with Crippen LogP contribution in [0.2, 0.25) is 0 Å². The second kappa shape index (κ2) is 9.50. The third kappa shape index (κ3) is 5.41. The third-order valence-corrected chi connectivity index (χ3v) is 4.49. The molecule has 0 aliphatic heterocycles. The van der Waals surface area contributed by atoms with E-state index in [1.165, 1.54) is 6.08 Å². The fraction of sp³-hybridized carbons (Fsp3) is 0.300. The van der Waals surface area contributed by atoms with Crippen LogP contribution >= 0.6 is 15.9 Å². The predicted octanol–water partition coefficient (Wildman–Crippen LogP) is 3.95. The summed E-state index contributed by atoms with van der Waals surface area (Å²) in [5, 5.41) is 0. The monoisotopic (exact) mass is 419 g/mol. The minimum absolute atomic E-state index is 0.217. The summed E-state index contributed by atoms with van der Waals surface area (Å²) in [7, 11) is 1.64. The molecule has 0 fully saturated rings. The number of rotatable bonds is 8. The average Bonchev–Trinajstić information content (AvgIpc) is 2.90. The number of nitrogens with zero attached hydrogens (tertiary/aromatic N) is 1. The lowest BCUT2D eigenvalue weighted by atomic mass is 10.1. The van der Waals surface area contributed by atoms with Crippen molar-refractivity contribution in [3.8, 4) is 0 Å². The van der Waals surface area contributed by atoms with Crippen molar-refractivity contribution in [3.63, 3.8) is 0 Å². The molecule has 0 amide bonds. The number of aryl methyl sites for hydroxylation is 1. The fourth-order valence-corrected chi connectivity index (χ4v) is 3.06. The number of hydrogen-bond acceptors (Lipinski definition) is 4. The Kier molecular flexibility index (Phi) is 7.36. The molecule has 0 aliphatic rings. The molecule has 0 atom stereocenters. The van der Waals surface area contributed by atoms with Crippen molar-refractivity contribution < 1.29 is 19.1 Å². The maximum absolute atomic E-state index is 12.4. The van der Waals surface area contributed by atoms with Crippen LogP contribution in [0.15, 0.2) is 40.9 Å². The van der Waals surface area contributed by atoms with Crippen LogP contribution in [0.5, 0.6) is 0 Å². The van der Waals surface area contributed by atoms with Gasteiger partial charge < -0.3 is 14.0 Å². The minimum Gasteiger partial charge on any atom is -0.454 e. The van der Waals surface area contributed by atoms with E-state index in [1.807, 2.05) is 48.7 Å². The van der Waals surface area contributed by atoms with E-state index in [0.717, 1.165) is 21.4 Å². The Morgan fingerprint density at radius 3 is 2.69 bits per heavy atom. The molecule has 1 heterocycles. The molecule has 2 rings (SSSR count). The highest BCUT2D eigenvalue weighted by molar-refractivity contribution is 9.10. The van der Waals surface area contributed by atoms with Gasteiger partial charge in [-0.05, 0) is 43.7 Å². The van der Waals surface area contributed by atoms with Crippen molar-refractivity contribution >= 4 is 33.8 Å². The standard InChI is InChI=1S/C20H22BrNO4/c1-14-11-18(15(2)22(14)9-10-25-3)19(23)13-26-20(24)8-7-16-5-4-6-17(21)12-16/h4-8,11-12H,9-10,13H2,1-3H3/b8-7+. The van der Waals surface area contributed by atoms with Crippen molar-refractivity contribution in [2.24, 2.45) is 0 Å². The van der Waals surface area contributed by atoms with Gasteiger partial charge in [0.2, 0.25) is 5.78 Å². The second-order valence-corrected chi connectivity index (χ2v) is 6.76. The maximum Gasteiger partial charge on any atom is 0.331 e. The van der Waals surface area contributed by atoms with Crippen LogP contribution in [0.3, 0.4) is 0 Å². The molecule has 0 N–H and O–H groups in total. The van der Waals surface area contributed by atoms with Gasteiger partial charge in [-0.2, -0.15) is 0 Å². The Hall–Kier alpha value is -2.18. The van der Waals surface area contributed by atoms with E-state index in [1.54, 1.807) is 13.2 Å². The molecule has 1 aromatic carbocycles. The third-order valence-electron chi connectivity index (χ3n) is 4.00. The normalized spacial score (nSPS) is 11.1. The number of aromatic nitrogens is 1. The number of halogens is 1. The average molecular weight is 420 g/mol. The fourth-order valence-electron chi connectivity index (χ4n) is 2.65. The van der Waals surface area contributed by atoms with Gasteiger partial charge in [0.05, 0.1) is 6.61 Å². The largest absolute Gasteiger partial charge is 0.454 e. The maximum atomic E-state index is 12.4. The molecule has 1 aromatic heterocycles. The smallest absolute Gasteiger partial charge is 0.331 e. The minimum atomic E-state index is -0.550. The molecule has 138 valence electrons. The van der Waals surface area contributed by atoms with Crippen LogP contribution in [0.4, 0.5) is 0 Å². The van der Waals surface area contributed by atoms with Gasteiger partial charge in [-0.1, -0.05) is 28.1 Å². The number of ketones is 1. The molecule has 0 saturated heterocycles. The van der Waals surface area contributed by atoms with E-state index in [2.05, 4.69) is 15.9 Å². The van der Waals surface area contributed by atoms with Gasteiger partial charge in [-0.3, -0.25) is 4.79 Å². The van der Waals surface area contributed by atoms with Crippen LogP contribution in [0, 0.1) is 13.8 Å². The summed E-state index contributed by atoms with van der Waals surface area (Å²) in [6, 6.07) is 9.34. The lowest BCUT2D eigenvalue weighted by molar-refractivity contribution is -0.136. The summed E-state index contributed by atoms with van der Waals surface area (Å²) in [5.41, 5.74) is 3.26. The summed E-state index contributed by atoms with van der Waals surface area (Å²) < 4.78 is 13.1. The van der Waals surface area contributed by atoms with Gasteiger partial charge in [0.25, 0.3) is 0 Å². The highest BCUT2D eigenvalue weighted by Crippen LogP contribution is 2.16. The molecular weight excluding hydrogens is 398 g/mol. The first-order chi connectivity index (χ1) is 12.4. The van der Waals surface area contributed by atoms with Gasteiger partial charge in [0, 0.05) is 41.2 Å². The van der Waals surface area contributed by atoms with Crippen molar-refractivity contribution in [2.45, 2.75) is 20.4 Å². The SMILES string of the molecule is COCCn1c(C)cc(C(=O)COC(=O)/C=C/c2cccc(Br)c2)c1C. The topological polar surface area (TPSA) is 57.5 Å². The number of carbonyl (C=O) groups is 2. The second-order valence-electron chi connectivity index (χ2n) is 5.85. The number of hydrogen-bond donors (Lipinski definition) is 0. The van der Waals surface area contributed by atoms with Crippen LogP contribution in [-0.4, -0.2) is 36.6 Å². The van der Waals surface area contributed by atoms with Crippen molar-refractivity contribution in [1.29, 1.82) is 0 Å². The quantitative estimate of drug-likeness (QED) is 0.369. The number of methoxy groups -OCH3 is 1. The number of benzene rings is 1. The highest BCUT2D eigenvalue weighted by atomic mass is 79.9. The van der Waals surface area contributed by atoms with Crippen molar-refractivity contribution in [2.75, 3.05) is 20.3 Å². The van der Waals surface area contributed by atoms with Gasteiger partial charge >= 0.3 is 5.97 Å². The zero-order valence-corrected chi connectivity index (χ0v) is 16.7. The number of carbonyl (C=O) groups excluding carboxylic acids is 2. The summed E-state index contributed by atoms with van der Waals surface area (Å²) in [5.74, 6) is -0.766. The molecular formula is C20H22BrNO4. The zero-order chi connectivity index (χ0) is 19.1. The lowest BCUT2D eigenvalue weighted by Gasteiger charge is -2.08. The number of Topliss-reactive ketones (excluding diaryl/α,β-unsaturated/α-hetero) is 1. The molecule has 0 aliphatic carbocycles. The first-order valence-corrected chi connectivity index (χ1v) is 9.01. The molecule has 0 unspecified atom stereocenters. The summed E-state index contributed by atoms with van der Waals surface area (Å²) >= 11 is 3.37. The first kappa shape index (κ1) is 20.1. The molecule has 26 heavy (non-hydrogen) atoms. The van der Waals surface area contributed by atoms with E-state index in [-0.39, 0.29) is 12.4 Å². The van der Waals surface area contributed by atoms with Crippen LogP contribution in [0.1, 0.15) is 27.3 Å². The first-order valence-electron chi connectivity index (χ1n) is 8.21. The molecule has 0 radical (unpaired) electrons. The molecule has 6 heteroatoms. The van der Waals surface area contributed by atoms with Crippen LogP contribution in [0.25, 0.3) is 6.08 Å². The Labute approximate surface area is 161 Å². The number of esters is 1. The molecule has 2 aromatic rings. The van der Waals surface area contributed by atoms with Crippen molar-refractivity contribution in [1.82, 2.24) is 4.57 Å². The molecule has 5 nitrogen and oxygen atoms in total. The van der Waals surface area contributed by atoms with Gasteiger partial charge in [-0.25, -0.2) is 4.79 Å². The van der Waals surface area contributed by atoms with E-state index in [0.29, 0.717) is 18.7 Å². The molecule has 0 saturated carbocycles. The van der Waals surface area contributed by atoms with Crippen LogP contribution in [-0.2, 0) is 20.8 Å². The van der Waals surface area contributed by atoms with E-state index in [9.17, 15) is 9.59 Å². The Morgan fingerprint density at radius 2 is 2.00 bits per heavy atom. The van der Waals surface area contributed by atoms with Crippen molar-refractivity contribution in [3.05, 3.63) is 63.4 Å². The van der Waals surface area contributed by atoms with Gasteiger partial charge in [0.1, 0.15) is 0 Å². The van der Waals surface area contributed by atoms with Crippen LogP contribution < -0.4 is 0 Å². The lowest BCUT2D eigenvalue weighted by Crippen LogP contribution is -2.14. The summed E-state index contributed by atoms with van der Waals surface area (Å²) in [4.78, 5) is 24.2. The molecule has 0 spiro atoms. The Bertz CT molecular complexity index is 823. The summed E-state index contributed by atoms with van der Waals surface area (Å²) in [6.45, 7) is 4.78. The number of ether oxygens (including phenoxy) is 2.